The molecule has 2 aliphatic heterocycles. The molecule has 6 heteroatoms. The monoisotopic (exact) mass is 998 g/mol. The van der Waals surface area contributed by atoms with E-state index in [1.807, 2.05) is 30.3 Å². The molecule has 0 radical (unpaired) electrons. The number of benzene rings is 9. The van der Waals surface area contributed by atoms with E-state index < -0.39 is 11.6 Å². The first kappa shape index (κ1) is 49.2. The normalized spacial score (nSPS) is 13.6. The number of rotatable bonds is 5. The zero-order valence-corrected chi connectivity index (χ0v) is 46.0. The van der Waals surface area contributed by atoms with Crippen LogP contribution in [0.15, 0.2) is 182 Å². The molecular formula is C70H66BF2N3. The zero-order chi connectivity index (χ0) is 53.4. The number of para-hydroxylation sites is 4. The molecule has 0 bridgehead atoms. The standard InChI is InChI=1S/C70H66BF2N3/c1-67(2,3)45-37-46(68(4,5)6)40-49(39-45)74-61-30-19-15-24-54(61)71-55-25-16-20-31-62(55)75(50-41-47(69(7,8)9)38-48(42-50)70(10,11)12)64-36-44(35-63(74)66(64)71)43-32-33-60-53(34-43)51-22-13-17-28-58(51)76(60)59-29-18-14-23-52(59)65-56(72)26-21-27-57(65)73/h13-42H,1-12H3. The third-order valence-corrected chi connectivity index (χ3v) is 16.1. The Morgan fingerprint density at radius 2 is 0.789 bits per heavy atom. The van der Waals surface area contributed by atoms with Crippen LogP contribution in [0.3, 0.4) is 0 Å². The molecular weight excluding hydrogens is 932 g/mol. The van der Waals surface area contributed by atoms with Crippen LogP contribution in [0.25, 0.3) is 49.7 Å². The quantitative estimate of drug-likeness (QED) is 0.159. The Labute approximate surface area is 448 Å². The number of fused-ring (bicyclic) bond motifs is 7. The van der Waals surface area contributed by atoms with Gasteiger partial charge in [0.15, 0.2) is 0 Å². The lowest BCUT2D eigenvalue weighted by molar-refractivity contribution is 0.568. The summed E-state index contributed by atoms with van der Waals surface area (Å²) in [5, 5.41) is 2.10. The third-order valence-electron chi connectivity index (χ3n) is 16.1. The molecule has 0 amide bonds. The summed E-state index contributed by atoms with van der Waals surface area (Å²) in [5.41, 5.74) is 20.7. The average molecular weight is 998 g/mol. The fourth-order valence-corrected chi connectivity index (χ4v) is 11.9. The number of halogens is 2. The molecule has 0 fully saturated rings. The Hall–Kier alpha value is -7.70. The molecule has 0 atom stereocenters. The Bertz CT molecular complexity index is 3750. The smallest absolute Gasteiger partial charge is 0.252 e. The first-order chi connectivity index (χ1) is 36.1. The van der Waals surface area contributed by atoms with Crippen LogP contribution < -0.4 is 26.2 Å². The van der Waals surface area contributed by atoms with Crippen LogP contribution >= 0.6 is 0 Å². The molecule has 1 aromatic heterocycles. The molecule has 3 heterocycles. The van der Waals surface area contributed by atoms with E-state index in [1.54, 1.807) is 0 Å². The topological polar surface area (TPSA) is 11.4 Å². The van der Waals surface area contributed by atoms with Crippen LogP contribution in [-0.2, 0) is 21.7 Å². The van der Waals surface area contributed by atoms with Crippen molar-refractivity contribution in [1.29, 1.82) is 0 Å². The van der Waals surface area contributed by atoms with Crippen molar-refractivity contribution in [1.82, 2.24) is 4.57 Å². The summed E-state index contributed by atoms with van der Waals surface area (Å²) in [7, 11) is 0. The Morgan fingerprint density at radius 1 is 0.355 bits per heavy atom. The molecule has 0 saturated carbocycles. The maximum Gasteiger partial charge on any atom is 0.252 e. The van der Waals surface area contributed by atoms with E-state index in [0.29, 0.717) is 11.3 Å². The van der Waals surface area contributed by atoms with E-state index >= 15 is 8.78 Å². The van der Waals surface area contributed by atoms with Crippen molar-refractivity contribution in [2.75, 3.05) is 9.80 Å². The summed E-state index contributed by atoms with van der Waals surface area (Å²) in [5.74, 6) is -1.19. The summed E-state index contributed by atoms with van der Waals surface area (Å²) in [6.45, 7) is 27.8. The van der Waals surface area contributed by atoms with E-state index in [1.165, 1.54) is 68.2 Å². The van der Waals surface area contributed by atoms with Crippen LogP contribution in [0.1, 0.15) is 105 Å². The van der Waals surface area contributed by atoms with E-state index in [2.05, 4.69) is 231 Å². The van der Waals surface area contributed by atoms with E-state index in [4.69, 9.17) is 0 Å². The molecule has 0 spiro atoms. The fourth-order valence-electron chi connectivity index (χ4n) is 11.9. The first-order valence-corrected chi connectivity index (χ1v) is 26.9. The molecule has 10 aromatic rings. The predicted molar refractivity (Wildman–Crippen MR) is 320 cm³/mol. The summed E-state index contributed by atoms with van der Waals surface area (Å²) < 4.78 is 33.6. The molecule has 0 unspecified atom stereocenters. The minimum Gasteiger partial charge on any atom is -0.311 e. The number of nitrogens with zero attached hydrogens (tertiary/aromatic N) is 3. The maximum absolute atomic E-state index is 15.7. The highest BCUT2D eigenvalue weighted by atomic mass is 19.1. The fraction of sp³-hybridized carbons (Fsp3) is 0.229. The van der Waals surface area contributed by atoms with Crippen LogP contribution in [0.5, 0.6) is 0 Å². The maximum atomic E-state index is 15.7. The summed E-state index contributed by atoms with van der Waals surface area (Å²) >= 11 is 0. The number of hydrogen-bond donors (Lipinski definition) is 0. The van der Waals surface area contributed by atoms with Crippen LogP contribution in [0.2, 0.25) is 0 Å². The van der Waals surface area contributed by atoms with Crippen molar-refractivity contribution < 1.29 is 8.78 Å². The third kappa shape index (κ3) is 8.06. The molecule has 2 aliphatic rings. The highest BCUT2D eigenvalue weighted by Gasteiger charge is 2.44. The van der Waals surface area contributed by atoms with E-state index in [9.17, 15) is 0 Å². The van der Waals surface area contributed by atoms with Crippen molar-refractivity contribution in [3.63, 3.8) is 0 Å². The van der Waals surface area contributed by atoms with Gasteiger partial charge in [0.1, 0.15) is 11.6 Å². The molecule has 0 N–H and O–H groups in total. The molecule has 0 saturated heterocycles. The Morgan fingerprint density at radius 3 is 1.29 bits per heavy atom. The van der Waals surface area contributed by atoms with Crippen molar-refractivity contribution in [2.45, 2.75) is 105 Å². The minimum atomic E-state index is -0.595. The second-order valence-electron chi connectivity index (χ2n) is 25.4. The van der Waals surface area contributed by atoms with Crippen LogP contribution in [0, 0.1) is 11.6 Å². The Kier molecular flexibility index (Phi) is 11.3. The molecule has 378 valence electrons. The molecule has 3 nitrogen and oxygen atoms in total. The van der Waals surface area contributed by atoms with Gasteiger partial charge in [-0.05, 0) is 156 Å². The predicted octanol–water partition coefficient (Wildman–Crippen LogP) is 17.7. The summed E-state index contributed by atoms with van der Waals surface area (Å²) in [4.78, 5) is 5.11. The van der Waals surface area contributed by atoms with Gasteiger partial charge in [0.05, 0.1) is 22.3 Å². The molecule has 0 aliphatic carbocycles. The van der Waals surface area contributed by atoms with Crippen molar-refractivity contribution in [3.8, 4) is 27.9 Å². The highest BCUT2D eigenvalue weighted by Crippen LogP contribution is 2.49. The minimum absolute atomic E-state index is 0.0374. The summed E-state index contributed by atoms with van der Waals surface area (Å²) in [6.07, 6.45) is 0. The van der Waals surface area contributed by atoms with Gasteiger partial charge in [-0.15, -0.1) is 0 Å². The van der Waals surface area contributed by atoms with Crippen LogP contribution in [-0.4, -0.2) is 11.3 Å². The first-order valence-electron chi connectivity index (χ1n) is 26.9. The number of hydrogen-bond acceptors (Lipinski definition) is 2. The van der Waals surface area contributed by atoms with Crippen molar-refractivity contribution in [3.05, 3.63) is 216 Å². The SMILES string of the molecule is CC(C)(C)c1cc(N2c3ccccc3B3c4ccccc4N(c4cc(C(C)(C)C)cc(C(C)(C)C)c4)c4cc(-c5ccc6c(c5)c5ccccc5n6-c5ccccc5-c5c(F)cccc5F)cc2c43)cc(C(C)(C)C)c1. The lowest BCUT2D eigenvalue weighted by Gasteiger charge is -2.45. The lowest BCUT2D eigenvalue weighted by Crippen LogP contribution is -2.61. The largest absolute Gasteiger partial charge is 0.311 e. The highest BCUT2D eigenvalue weighted by molar-refractivity contribution is 7.00. The average Bonchev–Trinajstić information content (AvgIpc) is 3.82. The van der Waals surface area contributed by atoms with Gasteiger partial charge in [-0.1, -0.05) is 180 Å². The molecule has 12 rings (SSSR count). The van der Waals surface area contributed by atoms with Crippen LogP contribution in [0.4, 0.5) is 42.9 Å². The second kappa shape index (κ2) is 17.4. The van der Waals surface area contributed by atoms with Gasteiger partial charge in [0.2, 0.25) is 0 Å². The van der Waals surface area contributed by atoms with Gasteiger partial charge in [0, 0.05) is 50.5 Å². The molecule has 9 aromatic carbocycles. The van der Waals surface area contributed by atoms with Crippen molar-refractivity contribution in [2.24, 2.45) is 0 Å². The van der Waals surface area contributed by atoms with Gasteiger partial charge < -0.3 is 14.4 Å². The van der Waals surface area contributed by atoms with Gasteiger partial charge in [-0.25, -0.2) is 8.78 Å². The van der Waals surface area contributed by atoms with Gasteiger partial charge in [-0.3, -0.25) is 0 Å². The number of anilines is 6. The Balaban J connectivity index is 1.18. The van der Waals surface area contributed by atoms with Gasteiger partial charge >= 0.3 is 0 Å². The van der Waals surface area contributed by atoms with Gasteiger partial charge in [0.25, 0.3) is 6.71 Å². The lowest BCUT2D eigenvalue weighted by atomic mass is 9.33. The van der Waals surface area contributed by atoms with E-state index in [0.717, 1.165) is 55.7 Å². The van der Waals surface area contributed by atoms with Gasteiger partial charge in [-0.2, -0.15) is 0 Å². The second-order valence-corrected chi connectivity index (χ2v) is 25.4. The molecule has 76 heavy (non-hydrogen) atoms. The number of aromatic nitrogens is 1. The van der Waals surface area contributed by atoms with E-state index in [-0.39, 0.29) is 33.9 Å². The summed E-state index contributed by atoms with van der Waals surface area (Å²) in [6, 6.07) is 64.3. The zero-order valence-electron chi connectivity index (χ0n) is 46.0. The van der Waals surface area contributed by atoms with Crippen molar-refractivity contribution >= 4 is 79.0 Å².